The summed E-state index contributed by atoms with van der Waals surface area (Å²) in [6, 6.07) is 15.9. The highest BCUT2D eigenvalue weighted by Crippen LogP contribution is 2.29. The van der Waals surface area contributed by atoms with E-state index in [1.165, 1.54) is 11.8 Å². The van der Waals surface area contributed by atoms with E-state index in [0.29, 0.717) is 0 Å². The van der Waals surface area contributed by atoms with Crippen molar-refractivity contribution in [3.63, 3.8) is 0 Å². The Morgan fingerprint density at radius 1 is 1.04 bits per heavy atom. The van der Waals surface area contributed by atoms with Crippen LogP contribution in [0.2, 0.25) is 0 Å². The van der Waals surface area contributed by atoms with E-state index in [0.717, 1.165) is 32.7 Å². The fourth-order valence-corrected chi connectivity index (χ4v) is 3.69. The summed E-state index contributed by atoms with van der Waals surface area (Å²) in [5.41, 5.74) is 3.11. The molecule has 0 N–H and O–H groups in total. The minimum atomic E-state index is -0.495. The first-order valence-electron chi connectivity index (χ1n) is 8.43. The molecule has 132 valence electrons. The molecule has 26 heavy (non-hydrogen) atoms. The first kappa shape index (κ1) is 16.8. The maximum absolute atomic E-state index is 12.1. The molecule has 0 radical (unpaired) electrons. The van der Waals surface area contributed by atoms with E-state index >= 15 is 0 Å². The van der Waals surface area contributed by atoms with Crippen molar-refractivity contribution in [1.29, 1.82) is 0 Å². The molecule has 0 unspecified atom stereocenters. The third-order valence-electron chi connectivity index (χ3n) is 3.85. The fourth-order valence-electron chi connectivity index (χ4n) is 2.90. The SMILES string of the molecule is CC(C)(C)OC(=O)CSc1nc2ccccc2c2nc3ccccc3n12. The lowest BCUT2D eigenvalue weighted by atomic mass is 10.2. The quantitative estimate of drug-likeness (QED) is 0.305. The molecule has 0 amide bonds. The Kier molecular flexibility index (Phi) is 4.07. The van der Waals surface area contributed by atoms with Crippen LogP contribution in [0.1, 0.15) is 20.8 Å². The molecule has 0 fully saturated rings. The number of thioether (sulfide) groups is 1. The topological polar surface area (TPSA) is 56.5 Å². The first-order chi connectivity index (χ1) is 12.4. The predicted octanol–water partition coefficient (Wildman–Crippen LogP) is 4.47. The van der Waals surface area contributed by atoms with Crippen molar-refractivity contribution in [3.05, 3.63) is 48.5 Å². The van der Waals surface area contributed by atoms with Gasteiger partial charge < -0.3 is 4.74 Å². The van der Waals surface area contributed by atoms with Gasteiger partial charge in [0.25, 0.3) is 0 Å². The minimum Gasteiger partial charge on any atom is -0.459 e. The monoisotopic (exact) mass is 365 g/mol. The third kappa shape index (κ3) is 3.12. The Labute approximate surface area is 155 Å². The molecule has 0 saturated heterocycles. The molecule has 0 bridgehead atoms. The molecular weight excluding hydrogens is 346 g/mol. The molecule has 2 aromatic heterocycles. The number of carbonyl (C=O) groups excluding carboxylic acids is 1. The van der Waals surface area contributed by atoms with E-state index in [-0.39, 0.29) is 11.7 Å². The number of carbonyl (C=O) groups is 1. The average molecular weight is 365 g/mol. The van der Waals surface area contributed by atoms with Gasteiger partial charge in [-0.25, -0.2) is 9.97 Å². The molecule has 4 rings (SSSR count). The van der Waals surface area contributed by atoms with Crippen LogP contribution in [0, 0.1) is 0 Å². The van der Waals surface area contributed by atoms with Crippen molar-refractivity contribution in [2.24, 2.45) is 0 Å². The molecule has 6 heteroatoms. The van der Waals surface area contributed by atoms with Crippen LogP contribution in [-0.2, 0) is 9.53 Å². The van der Waals surface area contributed by atoms with Crippen LogP contribution in [0.15, 0.2) is 53.7 Å². The lowest BCUT2D eigenvalue weighted by Crippen LogP contribution is -2.25. The van der Waals surface area contributed by atoms with E-state index < -0.39 is 5.60 Å². The number of para-hydroxylation sites is 3. The van der Waals surface area contributed by atoms with Crippen LogP contribution in [0.4, 0.5) is 0 Å². The first-order valence-corrected chi connectivity index (χ1v) is 9.41. The molecule has 0 saturated carbocycles. The van der Waals surface area contributed by atoms with Gasteiger partial charge in [0.2, 0.25) is 0 Å². The van der Waals surface area contributed by atoms with Gasteiger partial charge in [-0.15, -0.1) is 0 Å². The normalized spacial score (nSPS) is 12.1. The Morgan fingerprint density at radius 3 is 2.50 bits per heavy atom. The van der Waals surface area contributed by atoms with Gasteiger partial charge >= 0.3 is 5.97 Å². The van der Waals surface area contributed by atoms with E-state index in [2.05, 4.69) is 0 Å². The van der Waals surface area contributed by atoms with Crippen LogP contribution in [-0.4, -0.2) is 31.7 Å². The zero-order valence-electron chi connectivity index (χ0n) is 14.9. The summed E-state index contributed by atoms with van der Waals surface area (Å²) < 4.78 is 7.44. The second-order valence-corrected chi connectivity index (χ2v) is 7.99. The van der Waals surface area contributed by atoms with Crippen molar-refractivity contribution in [2.45, 2.75) is 31.5 Å². The molecule has 0 aliphatic rings. The molecule has 0 atom stereocenters. The van der Waals surface area contributed by atoms with Crippen molar-refractivity contribution in [3.8, 4) is 0 Å². The van der Waals surface area contributed by atoms with Crippen molar-refractivity contribution >= 4 is 45.3 Å². The predicted molar refractivity (Wildman–Crippen MR) is 105 cm³/mol. The van der Waals surface area contributed by atoms with Crippen molar-refractivity contribution < 1.29 is 9.53 Å². The maximum Gasteiger partial charge on any atom is 0.316 e. The number of aromatic nitrogens is 3. The molecular formula is C20H19N3O2S. The Hall–Kier alpha value is -2.60. The van der Waals surface area contributed by atoms with Gasteiger partial charge in [-0.05, 0) is 45.0 Å². The number of hydrogen-bond donors (Lipinski definition) is 0. The van der Waals surface area contributed by atoms with Gasteiger partial charge in [0.05, 0.1) is 22.3 Å². The van der Waals surface area contributed by atoms with Crippen molar-refractivity contribution in [1.82, 2.24) is 14.4 Å². The smallest absolute Gasteiger partial charge is 0.316 e. The Morgan fingerprint density at radius 2 is 1.73 bits per heavy atom. The van der Waals surface area contributed by atoms with Gasteiger partial charge in [0, 0.05) is 5.39 Å². The maximum atomic E-state index is 12.1. The Balaban J connectivity index is 1.83. The van der Waals surface area contributed by atoms with Crippen molar-refractivity contribution in [2.75, 3.05) is 5.75 Å². The van der Waals surface area contributed by atoms with E-state index in [1.54, 1.807) is 0 Å². The average Bonchev–Trinajstić information content (AvgIpc) is 2.98. The lowest BCUT2D eigenvalue weighted by molar-refractivity contribution is -0.151. The van der Waals surface area contributed by atoms with Gasteiger partial charge in [0.15, 0.2) is 5.16 Å². The molecule has 0 spiro atoms. The summed E-state index contributed by atoms with van der Waals surface area (Å²) in [4.78, 5) is 21.7. The summed E-state index contributed by atoms with van der Waals surface area (Å²) in [5.74, 6) is -0.0560. The highest BCUT2D eigenvalue weighted by molar-refractivity contribution is 7.99. The molecule has 0 aliphatic heterocycles. The van der Waals surface area contributed by atoms with Gasteiger partial charge in [-0.1, -0.05) is 36.0 Å². The number of imidazole rings is 1. The van der Waals surface area contributed by atoms with Gasteiger partial charge in [-0.2, -0.15) is 0 Å². The third-order valence-corrected chi connectivity index (χ3v) is 4.76. The highest BCUT2D eigenvalue weighted by atomic mass is 32.2. The molecule has 0 aliphatic carbocycles. The summed E-state index contributed by atoms with van der Waals surface area (Å²) >= 11 is 1.37. The fraction of sp³-hybridized carbons (Fsp3) is 0.250. The number of fused-ring (bicyclic) bond motifs is 5. The zero-order chi connectivity index (χ0) is 18.3. The lowest BCUT2D eigenvalue weighted by Gasteiger charge is -2.19. The van der Waals surface area contributed by atoms with Crippen LogP contribution in [0.25, 0.3) is 27.6 Å². The van der Waals surface area contributed by atoms with E-state index in [4.69, 9.17) is 14.7 Å². The number of hydrogen-bond acceptors (Lipinski definition) is 5. The largest absolute Gasteiger partial charge is 0.459 e. The van der Waals surface area contributed by atoms with E-state index in [9.17, 15) is 4.79 Å². The Bertz CT molecular complexity index is 1130. The second-order valence-electron chi connectivity index (χ2n) is 7.05. The number of ether oxygens (including phenoxy) is 1. The van der Waals surface area contributed by atoms with Gasteiger partial charge in [-0.3, -0.25) is 9.20 Å². The number of esters is 1. The molecule has 2 aromatic carbocycles. The number of rotatable bonds is 3. The zero-order valence-corrected chi connectivity index (χ0v) is 15.7. The minimum absolute atomic E-state index is 0.199. The summed E-state index contributed by atoms with van der Waals surface area (Å²) in [7, 11) is 0. The summed E-state index contributed by atoms with van der Waals surface area (Å²) in [6.07, 6.45) is 0. The van der Waals surface area contributed by atoms with Crippen LogP contribution in [0.5, 0.6) is 0 Å². The van der Waals surface area contributed by atoms with Crippen LogP contribution < -0.4 is 0 Å². The standard InChI is InChI=1S/C20H19N3O2S/c1-20(2,3)25-17(24)12-26-19-22-14-9-5-4-8-13(14)18-21-15-10-6-7-11-16(15)23(18)19/h4-11H,12H2,1-3H3. The summed E-state index contributed by atoms with van der Waals surface area (Å²) in [5, 5.41) is 1.73. The van der Waals surface area contributed by atoms with Gasteiger partial charge in [0.1, 0.15) is 11.2 Å². The second kappa shape index (κ2) is 6.29. The molecule has 2 heterocycles. The number of nitrogens with zero attached hydrogens (tertiary/aromatic N) is 3. The van der Waals surface area contributed by atoms with Crippen LogP contribution >= 0.6 is 11.8 Å². The molecule has 5 nitrogen and oxygen atoms in total. The van der Waals surface area contributed by atoms with Crippen LogP contribution in [0.3, 0.4) is 0 Å². The van der Waals surface area contributed by atoms with E-state index in [1.807, 2.05) is 73.7 Å². The highest BCUT2D eigenvalue weighted by Gasteiger charge is 2.19. The summed E-state index contributed by atoms with van der Waals surface area (Å²) in [6.45, 7) is 5.60. The molecule has 4 aromatic rings. The number of benzene rings is 2.